The van der Waals surface area contributed by atoms with E-state index in [4.69, 9.17) is 0 Å². The average molecular weight is 230 g/mol. The largest absolute Gasteiger partial charge is 0.352 e. The molecule has 1 atom stereocenters. The summed E-state index contributed by atoms with van der Waals surface area (Å²) in [6, 6.07) is 0.350. The van der Waals surface area contributed by atoms with Gasteiger partial charge in [-0.1, -0.05) is 13.3 Å². The fourth-order valence-corrected chi connectivity index (χ4v) is 1.60. The fraction of sp³-hybridized carbons (Fsp3) is 0.625. The van der Waals surface area contributed by atoms with Crippen LogP contribution in [-0.2, 0) is 0 Å². The smallest absolute Gasteiger partial charge is 0.227 e. The van der Waals surface area contributed by atoms with Crippen LogP contribution in [0.25, 0.3) is 0 Å². The molecular weight excluding hydrogens is 216 g/mol. The molecule has 6 heteroatoms. The van der Waals surface area contributed by atoms with Gasteiger partial charge in [0.05, 0.1) is 0 Å². The molecule has 1 aromatic rings. The lowest BCUT2D eigenvalue weighted by Crippen LogP contribution is -2.17. The lowest BCUT2D eigenvalue weighted by molar-refractivity contribution is 0.674. The van der Waals surface area contributed by atoms with Gasteiger partial charge in [0.15, 0.2) is 10.3 Å². The van der Waals surface area contributed by atoms with Gasteiger partial charge in [0.25, 0.3) is 0 Å². The zero-order valence-electron chi connectivity index (χ0n) is 8.23. The predicted octanol–water partition coefficient (Wildman–Crippen LogP) is 2.05. The Balaban J connectivity index is 2.66. The molecule has 0 radical (unpaired) electrons. The molecule has 0 saturated heterocycles. The summed E-state index contributed by atoms with van der Waals surface area (Å²) in [5.41, 5.74) is 0. The maximum atomic E-state index is 4.05. The van der Waals surface area contributed by atoms with Crippen molar-refractivity contribution in [1.29, 1.82) is 0 Å². The summed E-state index contributed by atoms with van der Waals surface area (Å²) in [6.45, 7) is 4.23. The Bertz CT molecular complexity index is 285. The van der Waals surface area contributed by atoms with Gasteiger partial charge in [-0.2, -0.15) is 15.0 Å². The molecule has 1 aromatic heterocycles. The number of aromatic nitrogens is 3. The normalized spacial score (nSPS) is 12.6. The lowest BCUT2D eigenvalue weighted by Gasteiger charge is -2.12. The molecule has 1 N–H and O–H groups in total. The Morgan fingerprint density at radius 2 is 1.79 bits per heavy atom. The maximum Gasteiger partial charge on any atom is 0.227 e. The van der Waals surface area contributed by atoms with Crippen LogP contribution in [0.1, 0.15) is 26.7 Å². The van der Waals surface area contributed by atoms with E-state index in [0.29, 0.717) is 22.3 Å². The van der Waals surface area contributed by atoms with Crippen molar-refractivity contribution < 1.29 is 0 Å². The van der Waals surface area contributed by atoms with E-state index < -0.39 is 0 Å². The summed E-state index contributed by atoms with van der Waals surface area (Å²) in [7, 11) is 0. The van der Waals surface area contributed by atoms with E-state index in [0.717, 1.165) is 12.8 Å². The van der Waals surface area contributed by atoms with Crippen LogP contribution in [0.15, 0.2) is 10.3 Å². The van der Waals surface area contributed by atoms with Crippen LogP contribution in [0.5, 0.6) is 0 Å². The monoisotopic (exact) mass is 230 g/mol. The molecule has 4 nitrogen and oxygen atoms in total. The Labute approximate surface area is 94.8 Å². The van der Waals surface area contributed by atoms with Crippen LogP contribution < -0.4 is 5.32 Å². The Hall–Kier alpha value is -0.490. The van der Waals surface area contributed by atoms with Crippen molar-refractivity contribution in [3.63, 3.8) is 0 Å². The first-order valence-corrected chi connectivity index (χ1v) is 5.41. The molecule has 78 valence electrons. The van der Waals surface area contributed by atoms with Crippen LogP contribution >= 0.6 is 25.3 Å². The second-order valence-electron chi connectivity index (χ2n) is 3.09. The van der Waals surface area contributed by atoms with E-state index in [9.17, 15) is 0 Å². The predicted molar refractivity (Wildman–Crippen MR) is 62.3 cm³/mol. The second kappa shape index (κ2) is 5.41. The van der Waals surface area contributed by atoms with Crippen LogP contribution in [0.2, 0.25) is 0 Å². The standard InChI is InChI=1S/C8H14N4S2/c1-3-4-5(2)9-6-10-7(13)12-8(14)11-6/h5H,3-4H2,1-2H3,(H3,9,10,11,12,13,14). The molecule has 0 aliphatic rings. The van der Waals surface area contributed by atoms with E-state index >= 15 is 0 Å². The van der Waals surface area contributed by atoms with Gasteiger partial charge in [-0.25, -0.2) is 0 Å². The molecule has 0 bridgehead atoms. The first kappa shape index (κ1) is 11.6. The number of anilines is 1. The summed E-state index contributed by atoms with van der Waals surface area (Å²) in [6.07, 6.45) is 2.20. The Morgan fingerprint density at radius 1 is 1.21 bits per heavy atom. The van der Waals surface area contributed by atoms with Crippen LogP contribution in [-0.4, -0.2) is 21.0 Å². The third-order valence-electron chi connectivity index (χ3n) is 1.71. The van der Waals surface area contributed by atoms with Crippen molar-refractivity contribution >= 4 is 31.2 Å². The van der Waals surface area contributed by atoms with Gasteiger partial charge in [-0.3, -0.25) is 0 Å². The van der Waals surface area contributed by atoms with Gasteiger partial charge in [0, 0.05) is 6.04 Å². The highest BCUT2D eigenvalue weighted by molar-refractivity contribution is 7.80. The summed E-state index contributed by atoms with van der Waals surface area (Å²) < 4.78 is 0. The first-order chi connectivity index (χ1) is 6.61. The molecule has 0 aromatic carbocycles. The molecule has 1 rings (SSSR count). The van der Waals surface area contributed by atoms with Gasteiger partial charge in [0.2, 0.25) is 5.95 Å². The number of hydrogen-bond donors (Lipinski definition) is 3. The van der Waals surface area contributed by atoms with Crippen molar-refractivity contribution in [3.05, 3.63) is 0 Å². The van der Waals surface area contributed by atoms with Gasteiger partial charge < -0.3 is 5.32 Å². The van der Waals surface area contributed by atoms with Crippen molar-refractivity contribution in [1.82, 2.24) is 15.0 Å². The quantitative estimate of drug-likeness (QED) is 0.693. The number of nitrogens with one attached hydrogen (secondary N) is 1. The van der Waals surface area contributed by atoms with Gasteiger partial charge in [-0.05, 0) is 13.3 Å². The third-order valence-corrected chi connectivity index (χ3v) is 2.11. The molecule has 0 fully saturated rings. The average Bonchev–Trinajstić information content (AvgIpc) is 2.01. The van der Waals surface area contributed by atoms with Crippen molar-refractivity contribution in [3.8, 4) is 0 Å². The van der Waals surface area contributed by atoms with E-state index in [2.05, 4.69) is 59.4 Å². The van der Waals surface area contributed by atoms with Crippen LogP contribution in [0.3, 0.4) is 0 Å². The molecule has 0 spiro atoms. The highest BCUT2D eigenvalue weighted by Crippen LogP contribution is 2.09. The molecular formula is C8H14N4S2. The number of thiol groups is 2. The number of nitrogens with zero attached hydrogens (tertiary/aromatic N) is 3. The first-order valence-electron chi connectivity index (χ1n) is 4.52. The summed E-state index contributed by atoms with van der Waals surface area (Å²) in [4.78, 5) is 11.9. The van der Waals surface area contributed by atoms with E-state index in [-0.39, 0.29) is 0 Å². The molecule has 0 saturated carbocycles. The lowest BCUT2D eigenvalue weighted by atomic mass is 10.2. The molecule has 0 amide bonds. The summed E-state index contributed by atoms with van der Waals surface area (Å²) >= 11 is 8.09. The molecule has 1 unspecified atom stereocenters. The minimum Gasteiger partial charge on any atom is -0.352 e. The Kier molecular flexibility index (Phi) is 4.47. The number of rotatable bonds is 4. The van der Waals surface area contributed by atoms with E-state index in [1.807, 2.05) is 0 Å². The molecule has 0 aliphatic carbocycles. The molecule has 14 heavy (non-hydrogen) atoms. The van der Waals surface area contributed by atoms with Crippen molar-refractivity contribution in [2.45, 2.75) is 43.0 Å². The van der Waals surface area contributed by atoms with Crippen LogP contribution in [0, 0.1) is 0 Å². The molecule has 0 aliphatic heterocycles. The van der Waals surface area contributed by atoms with Gasteiger partial charge in [-0.15, -0.1) is 25.3 Å². The van der Waals surface area contributed by atoms with Gasteiger partial charge in [0.1, 0.15) is 0 Å². The minimum atomic E-state index is 0.350. The SMILES string of the molecule is CCCC(C)Nc1nc(S)nc(S)n1. The van der Waals surface area contributed by atoms with E-state index in [1.54, 1.807) is 0 Å². The summed E-state index contributed by atoms with van der Waals surface area (Å²) in [5, 5.41) is 3.94. The van der Waals surface area contributed by atoms with Crippen molar-refractivity contribution in [2.24, 2.45) is 0 Å². The fourth-order valence-electron chi connectivity index (χ4n) is 1.14. The molecule has 1 heterocycles. The zero-order chi connectivity index (χ0) is 10.6. The van der Waals surface area contributed by atoms with Gasteiger partial charge >= 0.3 is 0 Å². The third kappa shape index (κ3) is 3.71. The minimum absolute atomic E-state index is 0.350. The summed E-state index contributed by atoms with van der Waals surface area (Å²) in [5.74, 6) is 0.538. The highest BCUT2D eigenvalue weighted by atomic mass is 32.1. The number of hydrogen-bond acceptors (Lipinski definition) is 6. The second-order valence-corrected chi connectivity index (χ2v) is 3.89. The maximum absolute atomic E-state index is 4.05. The highest BCUT2D eigenvalue weighted by Gasteiger charge is 2.04. The zero-order valence-corrected chi connectivity index (χ0v) is 10.0. The van der Waals surface area contributed by atoms with Crippen molar-refractivity contribution in [2.75, 3.05) is 5.32 Å². The van der Waals surface area contributed by atoms with Crippen LogP contribution in [0.4, 0.5) is 5.95 Å². The van der Waals surface area contributed by atoms with E-state index in [1.165, 1.54) is 0 Å². The Morgan fingerprint density at radius 3 is 2.29 bits per heavy atom. The topological polar surface area (TPSA) is 50.7 Å².